The molecule has 0 N–H and O–H groups in total. The third-order valence-corrected chi connectivity index (χ3v) is 12.6. The topological polar surface area (TPSA) is 55.4 Å². The lowest BCUT2D eigenvalue weighted by Crippen LogP contribution is -2.53. The monoisotopic (exact) mass is 611 g/mol. The van der Waals surface area contributed by atoms with Crippen LogP contribution in [0.15, 0.2) is 0 Å². The summed E-state index contributed by atoms with van der Waals surface area (Å²) in [5.74, 6) is 5.50. The van der Waals surface area contributed by atoms with Gasteiger partial charge in [0.25, 0.3) is 0 Å². The van der Waals surface area contributed by atoms with Gasteiger partial charge in [-0.25, -0.2) is 0 Å². The van der Waals surface area contributed by atoms with Gasteiger partial charge < -0.3 is 28.4 Å². The molecule has 4 aliphatic rings. The van der Waals surface area contributed by atoms with Crippen molar-refractivity contribution < 1.29 is 28.4 Å². The normalized spacial score (nSPS) is 50.7. The number of methoxy groups -OCH3 is 1. The smallest absolute Gasteiger partial charge is 0.161 e. The van der Waals surface area contributed by atoms with Gasteiger partial charge in [0.05, 0.1) is 43.2 Å². The molecule has 0 aromatic rings. The van der Waals surface area contributed by atoms with Crippen molar-refractivity contribution in [1.82, 2.24) is 0 Å². The van der Waals surface area contributed by atoms with Crippen LogP contribution in [0.4, 0.5) is 0 Å². The first kappa shape index (κ1) is 37.2. The minimum absolute atomic E-state index is 0.0747. The van der Waals surface area contributed by atoms with E-state index in [2.05, 4.69) is 90.0 Å². The van der Waals surface area contributed by atoms with Crippen LogP contribution in [0.3, 0.4) is 0 Å². The predicted molar refractivity (Wildman–Crippen MR) is 175 cm³/mol. The van der Waals surface area contributed by atoms with Gasteiger partial charge in [-0.1, -0.05) is 90.0 Å². The Balaban J connectivity index is 0.000000238. The first-order chi connectivity index (χ1) is 20.3. The van der Waals surface area contributed by atoms with Crippen molar-refractivity contribution in [2.45, 2.75) is 165 Å². The third kappa shape index (κ3) is 8.38. The first-order valence-electron chi connectivity index (χ1n) is 18.1. The van der Waals surface area contributed by atoms with E-state index in [0.717, 1.165) is 25.9 Å². The molecule has 0 spiro atoms. The maximum Gasteiger partial charge on any atom is 0.161 e. The quantitative estimate of drug-likeness (QED) is 0.274. The first-order valence-corrected chi connectivity index (χ1v) is 18.1. The average Bonchev–Trinajstić information content (AvgIpc) is 3.35. The minimum Gasteiger partial charge on any atom is -0.378 e. The van der Waals surface area contributed by atoms with Crippen LogP contribution in [-0.2, 0) is 28.4 Å². The van der Waals surface area contributed by atoms with Gasteiger partial charge in [0.15, 0.2) is 12.6 Å². The highest BCUT2D eigenvalue weighted by molar-refractivity contribution is 4.91. The van der Waals surface area contributed by atoms with Crippen LogP contribution in [0.5, 0.6) is 0 Å². The van der Waals surface area contributed by atoms with Crippen LogP contribution in [0.25, 0.3) is 0 Å². The van der Waals surface area contributed by atoms with Crippen molar-refractivity contribution in [3.63, 3.8) is 0 Å². The Labute approximate surface area is 266 Å². The highest BCUT2D eigenvalue weighted by Crippen LogP contribution is 2.42. The van der Waals surface area contributed by atoms with Gasteiger partial charge in [-0.2, -0.15) is 0 Å². The SMILES string of the molecule is CCC1OC(OC2C(C)CC(C)C(C)C2OC)C(C)C(C)C1C.CCC1OC(OC2C(C)COC2CC)C(C)C(C)C1C. The van der Waals surface area contributed by atoms with Gasteiger partial charge in [-0.3, -0.25) is 0 Å². The average molecular weight is 611 g/mol. The maximum absolute atomic E-state index is 6.58. The summed E-state index contributed by atoms with van der Waals surface area (Å²) < 4.78 is 37.3. The molecule has 4 fully saturated rings. The van der Waals surface area contributed by atoms with E-state index in [-0.39, 0.29) is 37.0 Å². The summed E-state index contributed by atoms with van der Waals surface area (Å²) in [6, 6.07) is 0. The summed E-state index contributed by atoms with van der Waals surface area (Å²) in [6.07, 6.45) is 5.51. The molecule has 3 aliphatic heterocycles. The Morgan fingerprint density at radius 3 is 1.40 bits per heavy atom. The van der Waals surface area contributed by atoms with Gasteiger partial charge in [0.1, 0.15) is 0 Å². The van der Waals surface area contributed by atoms with Crippen LogP contribution in [0, 0.1) is 59.2 Å². The zero-order valence-electron chi connectivity index (χ0n) is 30.4. The van der Waals surface area contributed by atoms with E-state index in [4.69, 9.17) is 28.4 Å². The predicted octanol–water partition coefficient (Wildman–Crippen LogP) is 8.60. The second kappa shape index (κ2) is 16.5. The standard InChI is InChI=1S/C20H38O3.C17H32O3/c1-9-17-15(6)14(5)16(7)20(22-17)23-18-12(3)10-11(2)13(4)19(18)21-8;1-7-14-12(5)11(4)13(6)17(19-14)20-16-10(3)9-18-15(16)8-2/h11-20H,9-10H2,1-8H3;10-17H,7-9H2,1-6H3. The molecule has 0 bridgehead atoms. The molecule has 0 aromatic heterocycles. The zero-order chi connectivity index (χ0) is 32.2. The second-order valence-corrected chi connectivity index (χ2v) is 15.3. The Kier molecular flexibility index (Phi) is 14.3. The van der Waals surface area contributed by atoms with E-state index in [9.17, 15) is 0 Å². The number of rotatable bonds is 8. The molecule has 43 heavy (non-hydrogen) atoms. The van der Waals surface area contributed by atoms with E-state index in [1.165, 1.54) is 6.42 Å². The van der Waals surface area contributed by atoms with Crippen molar-refractivity contribution in [3.8, 4) is 0 Å². The van der Waals surface area contributed by atoms with E-state index < -0.39 is 0 Å². The van der Waals surface area contributed by atoms with Gasteiger partial charge in [0, 0.05) is 24.9 Å². The largest absolute Gasteiger partial charge is 0.378 e. The van der Waals surface area contributed by atoms with Crippen LogP contribution in [0.2, 0.25) is 0 Å². The second-order valence-electron chi connectivity index (χ2n) is 15.3. The number of hydrogen-bond acceptors (Lipinski definition) is 6. The molecule has 3 heterocycles. The molecule has 3 saturated heterocycles. The van der Waals surface area contributed by atoms with Gasteiger partial charge in [0.2, 0.25) is 0 Å². The lowest BCUT2D eigenvalue weighted by molar-refractivity contribution is -0.290. The fourth-order valence-corrected chi connectivity index (χ4v) is 8.37. The molecular weight excluding hydrogens is 540 g/mol. The summed E-state index contributed by atoms with van der Waals surface area (Å²) in [4.78, 5) is 0. The molecule has 18 unspecified atom stereocenters. The molecule has 0 aromatic carbocycles. The number of hydrogen-bond donors (Lipinski definition) is 0. The highest BCUT2D eigenvalue weighted by atomic mass is 16.7. The van der Waals surface area contributed by atoms with Crippen LogP contribution in [-0.4, -0.2) is 62.9 Å². The van der Waals surface area contributed by atoms with Crippen molar-refractivity contribution in [3.05, 3.63) is 0 Å². The molecule has 6 nitrogen and oxygen atoms in total. The van der Waals surface area contributed by atoms with Crippen LogP contribution in [0.1, 0.15) is 116 Å². The summed E-state index contributed by atoms with van der Waals surface area (Å²) in [5, 5.41) is 0. The van der Waals surface area contributed by atoms with Gasteiger partial charge in [-0.15, -0.1) is 0 Å². The Morgan fingerprint density at radius 1 is 0.488 bits per heavy atom. The molecule has 0 radical (unpaired) electrons. The Hall–Kier alpha value is -0.240. The number of ether oxygens (including phenoxy) is 6. The van der Waals surface area contributed by atoms with Crippen LogP contribution >= 0.6 is 0 Å². The lowest BCUT2D eigenvalue weighted by atomic mass is 9.72. The van der Waals surface area contributed by atoms with E-state index in [0.29, 0.717) is 71.4 Å². The molecule has 1 saturated carbocycles. The van der Waals surface area contributed by atoms with E-state index >= 15 is 0 Å². The van der Waals surface area contributed by atoms with E-state index in [1.54, 1.807) is 0 Å². The molecule has 18 atom stereocenters. The van der Waals surface area contributed by atoms with E-state index in [1.807, 2.05) is 7.11 Å². The maximum atomic E-state index is 6.58. The van der Waals surface area contributed by atoms with Gasteiger partial charge in [-0.05, 0) is 67.1 Å². The van der Waals surface area contributed by atoms with Crippen molar-refractivity contribution in [1.29, 1.82) is 0 Å². The van der Waals surface area contributed by atoms with Crippen LogP contribution < -0.4 is 0 Å². The summed E-state index contributed by atoms with van der Waals surface area (Å²) >= 11 is 0. The minimum atomic E-state index is -0.100. The third-order valence-electron chi connectivity index (χ3n) is 12.6. The van der Waals surface area contributed by atoms with Crippen molar-refractivity contribution in [2.75, 3.05) is 13.7 Å². The van der Waals surface area contributed by atoms with Gasteiger partial charge >= 0.3 is 0 Å². The molecule has 6 heteroatoms. The molecule has 1 aliphatic carbocycles. The van der Waals surface area contributed by atoms with Crippen molar-refractivity contribution >= 4 is 0 Å². The highest BCUT2D eigenvalue weighted by Gasteiger charge is 2.46. The fourth-order valence-electron chi connectivity index (χ4n) is 8.37. The fraction of sp³-hybridized carbons (Fsp3) is 1.00. The summed E-state index contributed by atoms with van der Waals surface area (Å²) in [5.41, 5.74) is 0. The Bertz CT molecular complexity index is 804. The summed E-state index contributed by atoms with van der Waals surface area (Å²) in [7, 11) is 1.83. The molecular formula is C37H70O6. The summed E-state index contributed by atoms with van der Waals surface area (Å²) in [6.45, 7) is 30.4. The molecule has 254 valence electrons. The lowest BCUT2D eigenvalue weighted by Gasteiger charge is -2.48. The molecule has 4 rings (SSSR count). The van der Waals surface area contributed by atoms with Crippen molar-refractivity contribution in [2.24, 2.45) is 59.2 Å². The Morgan fingerprint density at radius 2 is 0.953 bits per heavy atom. The molecule has 0 amide bonds. The zero-order valence-corrected chi connectivity index (χ0v) is 30.4.